The van der Waals surface area contributed by atoms with E-state index in [0.29, 0.717) is 24.7 Å². The number of benzene rings is 2. The summed E-state index contributed by atoms with van der Waals surface area (Å²) in [5, 5.41) is 9.28. The lowest BCUT2D eigenvalue weighted by Crippen LogP contribution is -2.55. The zero-order valence-corrected chi connectivity index (χ0v) is 21.2. The SMILES string of the molecule is Cc1cc(F)ccc1[C@@H]1CN(C2CCN(C(=O)O)CC2)CC[C@H]1N(C)C(=O)c1ccc(Br)cc1. The number of piperidine rings is 2. The zero-order valence-electron chi connectivity index (χ0n) is 19.6. The van der Waals surface area contributed by atoms with Gasteiger partial charge in [0.15, 0.2) is 0 Å². The molecular weight excluding hydrogens is 501 g/mol. The smallest absolute Gasteiger partial charge is 0.407 e. The minimum atomic E-state index is -0.856. The lowest BCUT2D eigenvalue weighted by molar-refractivity contribution is 0.0408. The number of amides is 2. The molecule has 2 aliphatic heterocycles. The van der Waals surface area contributed by atoms with Crippen molar-refractivity contribution in [3.05, 3.63) is 69.4 Å². The van der Waals surface area contributed by atoms with Gasteiger partial charge in [-0.1, -0.05) is 22.0 Å². The average molecular weight is 532 g/mol. The molecule has 2 saturated heterocycles. The van der Waals surface area contributed by atoms with Gasteiger partial charge in [0.2, 0.25) is 0 Å². The van der Waals surface area contributed by atoms with Crippen molar-refractivity contribution < 1.29 is 19.1 Å². The van der Waals surface area contributed by atoms with Crippen LogP contribution in [0.5, 0.6) is 0 Å². The summed E-state index contributed by atoms with van der Waals surface area (Å²) in [7, 11) is 1.86. The maximum atomic E-state index is 13.9. The lowest BCUT2D eigenvalue weighted by Gasteiger charge is -2.47. The van der Waals surface area contributed by atoms with E-state index < -0.39 is 6.09 Å². The molecule has 0 radical (unpaired) electrons. The summed E-state index contributed by atoms with van der Waals surface area (Å²) in [5.41, 5.74) is 2.60. The van der Waals surface area contributed by atoms with Crippen molar-refractivity contribution in [3.63, 3.8) is 0 Å². The molecule has 2 aliphatic rings. The molecule has 2 amide bonds. The number of carbonyl (C=O) groups is 2. The molecule has 2 aromatic carbocycles. The van der Waals surface area contributed by atoms with Gasteiger partial charge in [-0.05, 0) is 73.7 Å². The van der Waals surface area contributed by atoms with Gasteiger partial charge in [-0.3, -0.25) is 9.69 Å². The monoisotopic (exact) mass is 531 g/mol. The molecule has 2 heterocycles. The topological polar surface area (TPSA) is 64.1 Å². The van der Waals surface area contributed by atoms with E-state index in [4.69, 9.17) is 0 Å². The number of nitrogens with zero attached hydrogens (tertiary/aromatic N) is 3. The molecule has 0 spiro atoms. The van der Waals surface area contributed by atoms with Crippen molar-refractivity contribution in [2.45, 2.75) is 44.2 Å². The van der Waals surface area contributed by atoms with Gasteiger partial charge in [-0.2, -0.15) is 0 Å². The van der Waals surface area contributed by atoms with E-state index in [2.05, 4.69) is 20.8 Å². The molecule has 0 aliphatic carbocycles. The van der Waals surface area contributed by atoms with Gasteiger partial charge in [-0.15, -0.1) is 0 Å². The third-order valence-corrected chi connectivity index (χ3v) is 7.93. The second kappa shape index (κ2) is 10.4. The molecule has 0 aromatic heterocycles. The molecule has 0 saturated carbocycles. The van der Waals surface area contributed by atoms with Crippen molar-refractivity contribution in [3.8, 4) is 0 Å². The third kappa shape index (κ3) is 5.28. The van der Waals surface area contributed by atoms with E-state index >= 15 is 0 Å². The minimum absolute atomic E-state index is 0.0179. The molecule has 0 unspecified atom stereocenters. The molecule has 2 atom stereocenters. The van der Waals surface area contributed by atoms with Crippen molar-refractivity contribution in [1.82, 2.24) is 14.7 Å². The molecule has 2 fully saturated rings. The van der Waals surface area contributed by atoms with Crippen LogP contribution in [-0.2, 0) is 0 Å². The van der Waals surface area contributed by atoms with Crippen LogP contribution in [0.4, 0.5) is 9.18 Å². The number of hydrogen-bond donors (Lipinski definition) is 1. The molecule has 34 heavy (non-hydrogen) atoms. The van der Waals surface area contributed by atoms with Crippen LogP contribution in [0, 0.1) is 12.7 Å². The summed E-state index contributed by atoms with van der Waals surface area (Å²) in [5.74, 6) is -0.243. The second-order valence-electron chi connectivity index (χ2n) is 9.38. The fourth-order valence-electron chi connectivity index (χ4n) is 5.49. The van der Waals surface area contributed by atoms with Gasteiger partial charge in [0.25, 0.3) is 5.91 Å². The fourth-order valence-corrected chi connectivity index (χ4v) is 5.75. The number of likely N-dealkylation sites (N-methyl/N-ethyl adjacent to an activating group) is 1. The predicted octanol–water partition coefficient (Wildman–Crippen LogP) is 4.97. The largest absolute Gasteiger partial charge is 0.465 e. The van der Waals surface area contributed by atoms with Gasteiger partial charge >= 0.3 is 6.09 Å². The molecule has 2 aromatic rings. The van der Waals surface area contributed by atoms with Crippen molar-refractivity contribution in [2.75, 3.05) is 33.2 Å². The lowest BCUT2D eigenvalue weighted by atomic mass is 9.81. The molecular formula is C26H31BrFN3O3. The summed E-state index contributed by atoms with van der Waals surface area (Å²) < 4.78 is 14.8. The highest BCUT2D eigenvalue weighted by atomic mass is 79.9. The first-order chi connectivity index (χ1) is 16.2. The van der Waals surface area contributed by atoms with Gasteiger partial charge in [0, 0.05) is 61.3 Å². The van der Waals surface area contributed by atoms with E-state index in [1.165, 1.54) is 11.0 Å². The van der Waals surface area contributed by atoms with Crippen LogP contribution in [0.3, 0.4) is 0 Å². The third-order valence-electron chi connectivity index (χ3n) is 7.40. The first-order valence-corrected chi connectivity index (χ1v) is 12.5. The maximum absolute atomic E-state index is 13.9. The van der Waals surface area contributed by atoms with Crippen LogP contribution < -0.4 is 0 Å². The van der Waals surface area contributed by atoms with Gasteiger partial charge in [0.1, 0.15) is 5.82 Å². The van der Waals surface area contributed by atoms with Gasteiger partial charge < -0.3 is 14.9 Å². The average Bonchev–Trinajstić information content (AvgIpc) is 2.83. The minimum Gasteiger partial charge on any atom is -0.465 e. The highest BCUT2D eigenvalue weighted by Crippen LogP contribution is 2.35. The van der Waals surface area contributed by atoms with E-state index in [-0.39, 0.29) is 23.7 Å². The molecule has 182 valence electrons. The van der Waals surface area contributed by atoms with E-state index in [0.717, 1.165) is 48.0 Å². The molecule has 4 rings (SSSR count). The van der Waals surface area contributed by atoms with Gasteiger partial charge in [0.05, 0.1) is 0 Å². The van der Waals surface area contributed by atoms with E-state index in [1.54, 1.807) is 6.07 Å². The number of likely N-dealkylation sites (tertiary alicyclic amines) is 2. The van der Waals surface area contributed by atoms with Crippen molar-refractivity contribution in [1.29, 1.82) is 0 Å². The van der Waals surface area contributed by atoms with E-state index in [1.807, 2.05) is 49.2 Å². The van der Waals surface area contributed by atoms with Gasteiger partial charge in [-0.25, -0.2) is 9.18 Å². The van der Waals surface area contributed by atoms with Crippen LogP contribution in [0.15, 0.2) is 46.9 Å². The van der Waals surface area contributed by atoms with Crippen LogP contribution in [0.2, 0.25) is 0 Å². The van der Waals surface area contributed by atoms with Crippen molar-refractivity contribution >= 4 is 27.9 Å². The Bertz CT molecular complexity index is 1040. The quantitative estimate of drug-likeness (QED) is 0.604. The van der Waals surface area contributed by atoms with Crippen LogP contribution in [0.25, 0.3) is 0 Å². The Kier molecular flexibility index (Phi) is 7.57. The number of rotatable bonds is 4. The summed E-state index contributed by atoms with van der Waals surface area (Å²) in [6.45, 7) is 4.62. The Morgan fingerprint density at radius 2 is 1.74 bits per heavy atom. The summed E-state index contributed by atoms with van der Waals surface area (Å²) in [6, 6.07) is 12.6. The molecule has 6 nitrogen and oxygen atoms in total. The van der Waals surface area contributed by atoms with Crippen LogP contribution in [0.1, 0.15) is 46.7 Å². The Hall–Kier alpha value is -2.45. The number of aryl methyl sites for hydroxylation is 1. The molecule has 1 N–H and O–H groups in total. The number of hydrogen-bond acceptors (Lipinski definition) is 3. The second-order valence-corrected chi connectivity index (χ2v) is 10.3. The van der Waals surface area contributed by atoms with Crippen LogP contribution >= 0.6 is 15.9 Å². The van der Waals surface area contributed by atoms with Crippen molar-refractivity contribution in [2.24, 2.45) is 0 Å². The highest BCUT2D eigenvalue weighted by Gasteiger charge is 2.38. The first-order valence-electron chi connectivity index (χ1n) is 11.7. The number of carboxylic acid groups (broad SMARTS) is 1. The normalized spacial score (nSPS) is 21.9. The summed E-state index contributed by atoms with van der Waals surface area (Å²) >= 11 is 3.42. The van der Waals surface area contributed by atoms with Crippen LogP contribution in [-0.4, -0.2) is 77.1 Å². The summed E-state index contributed by atoms with van der Waals surface area (Å²) in [6.07, 6.45) is 1.56. The Balaban J connectivity index is 1.57. The Morgan fingerprint density at radius 3 is 2.35 bits per heavy atom. The van der Waals surface area contributed by atoms with E-state index in [9.17, 15) is 19.1 Å². The number of carbonyl (C=O) groups excluding carboxylic acids is 1. The maximum Gasteiger partial charge on any atom is 0.407 e. The molecule has 0 bridgehead atoms. The standard InChI is InChI=1S/C26H31BrFN3O3/c1-17-15-20(28)7-8-22(17)23-16-31(21-9-12-30(13-10-21)26(33)34)14-11-24(23)29(2)25(32)18-3-5-19(27)6-4-18/h3-8,15,21,23-24H,9-14,16H2,1-2H3,(H,33,34)/t23-,24+/m0/s1. The Labute approximate surface area is 208 Å². The first kappa shape index (κ1) is 24.7. The summed E-state index contributed by atoms with van der Waals surface area (Å²) in [4.78, 5) is 30.4. The zero-order chi connectivity index (χ0) is 24.4. The Morgan fingerprint density at radius 1 is 1.06 bits per heavy atom. The molecule has 8 heteroatoms. The predicted molar refractivity (Wildman–Crippen MR) is 133 cm³/mol. The fraction of sp³-hybridized carbons (Fsp3) is 0.462. The highest BCUT2D eigenvalue weighted by molar-refractivity contribution is 9.10. The number of halogens is 2.